The topological polar surface area (TPSA) is 86.7 Å². The van der Waals surface area contributed by atoms with Gasteiger partial charge in [0, 0.05) is 12.5 Å². The van der Waals surface area contributed by atoms with Crippen LogP contribution in [-0.2, 0) is 14.4 Å². The van der Waals surface area contributed by atoms with Crippen molar-refractivity contribution in [1.82, 2.24) is 5.32 Å². The molecule has 2 amide bonds. The van der Waals surface area contributed by atoms with Crippen LogP contribution in [0.25, 0.3) is 0 Å². The first-order valence-corrected chi connectivity index (χ1v) is 8.94. The predicted octanol–water partition coefficient (Wildman–Crippen LogP) is 2.45. The number of hydrogen-bond donors (Lipinski definition) is 2. The molecule has 134 valence electrons. The van der Waals surface area contributed by atoms with Gasteiger partial charge in [-0.3, -0.25) is 14.4 Å². The molecule has 2 fully saturated rings. The van der Waals surface area contributed by atoms with E-state index in [2.05, 4.69) is 5.32 Å². The van der Waals surface area contributed by atoms with Gasteiger partial charge in [0.25, 0.3) is 0 Å². The Morgan fingerprint density at radius 1 is 1.16 bits per heavy atom. The Balaban J connectivity index is 1.65. The fourth-order valence-corrected chi connectivity index (χ4v) is 3.89. The molecule has 1 saturated carbocycles. The van der Waals surface area contributed by atoms with Gasteiger partial charge in [0.1, 0.15) is 6.04 Å². The summed E-state index contributed by atoms with van der Waals surface area (Å²) >= 11 is 6.19. The van der Waals surface area contributed by atoms with Crippen LogP contribution in [0, 0.1) is 11.8 Å². The number of carbonyl (C=O) groups excluding carboxylic acids is 2. The van der Waals surface area contributed by atoms with E-state index in [1.807, 2.05) is 6.07 Å². The minimum absolute atomic E-state index is 0.166. The summed E-state index contributed by atoms with van der Waals surface area (Å²) in [6.07, 6.45) is 2.76. The average Bonchev–Trinajstić information content (AvgIpc) is 3.08. The molecule has 25 heavy (non-hydrogen) atoms. The molecule has 6 nitrogen and oxygen atoms in total. The van der Waals surface area contributed by atoms with Gasteiger partial charge in [-0.2, -0.15) is 0 Å². The van der Waals surface area contributed by atoms with Crippen molar-refractivity contribution in [3.8, 4) is 0 Å². The maximum absolute atomic E-state index is 12.8. The summed E-state index contributed by atoms with van der Waals surface area (Å²) in [5.74, 6) is -2.03. The number of piperidine rings is 1. The fourth-order valence-electron chi connectivity index (χ4n) is 3.65. The molecule has 0 radical (unpaired) electrons. The van der Waals surface area contributed by atoms with Crippen molar-refractivity contribution in [3.63, 3.8) is 0 Å². The number of carboxylic acids is 1. The van der Waals surface area contributed by atoms with Crippen LogP contribution in [0.2, 0.25) is 5.02 Å². The predicted molar refractivity (Wildman–Crippen MR) is 93.4 cm³/mol. The zero-order valence-corrected chi connectivity index (χ0v) is 14.5. The first-order valence-electron chi connectivity index (χ1n) is 8.56. The molecule has 0 aromatic heterocycles. The number of para-hydroxylation sites is 1. The lowest BCUT2D eigenvalue weighted by Crippen LogP contribution is -2.53. The molecule has 0 spiro atoms. The summed E-state index contributed by atoms with van der Waals surface area (Å²) in [5, 5.41) is 12.4. The smallest absolute Gasteiger partial charge is 0.306 e. The number of hydrogen-bond acceptors (Lipinski definition) is 3. The molecule has 1 heterocycles. The molecule has 2 N–H and O–H groups in total. The third kappa shape index (κ3) is 3.79. The standard InChI is InChI=1S/C18H21ClN2O4/c19-13-4-1-2-6-15(13)21-9-3-5-14(17(21)23)20-16(22)11-7-8-12(10-11)18(24)25/h1-2,4,6,11-12,14H,3,5,7-10H2,(H,20,22)(H,24,25)/t11-,12+,14?/m0/s1. The Kier molecular flexibility index (Phi) is 5.27. The molecule has 3 rings (SSSR count). The molecule has 2 aliphatic rings. The largest absolute Gasteiger partial charge is 0.481 e. The number of amides is 2. The summed E-state index contributed by atoms with van der Waals surface area (Å²) in [5.41, 5.74) is 0.653. The van der Waals surface area contributed by atoms with Gasteiger partial charge in [-0.05, 0) is 44.2 Å². The van der Waals surface area contributed by atoms with Crippen LogP contribution in [0.15, 0.2) is 24.3 Å². The van der Waals surface area contributed by atoms with Crippen molar-refractivity contribution in [3.05, 3.63) is 29.3 Å². The molecule has 1 unspecified atom stereocenters. The number of anilines is 1. The molecule has 1 aromatic carbocycles. The lowest BCUT2D eigenvalue weighted by Gasteiger charge is -2.33. The van der Waals surface area contributed by atoms with E-state index >= 15 is 0 Å². The van der Waals surface area contributed by atoms with Crippen molar-refractivity contribution in [2.75, 3.05) is 11.4 Å². The lowest BCUT2D eigenvalue weighted by molar-refractivity contribution is -0.141. The highest BCUT2D eigenvalue weighted by Crippen LogP contribution is 2.32. The Morgan fingerprint density at radius 3 is 2.56 bits per heavy atom. The van der Waals surface area contributed by atoms with Gasteiger partial charge in [-0.15, -0.1) is 0 Å². The van der Waals surface area contributed by atoms with Crippen LogP contribution in [0.5, 0.6) is 0 Å². The highest BCUT2D eigenvalue weighted by Gasteiger charge is 2.37. The second-order valence-corrected chi connectivity index (χ2v) is 7.10. The van der Waals surface area contributed by atoms with E-state index in [1.165, 1.54) is 0 Å². The van der Waals surface area contributed by atoms with Gasteiger partial charge < -0.3 is 15.3 Å². The molecule has 1 saturated heterocycles. The first kappa shape index (κ1) is 17.7. The third-order valence-electron chi connectivity index (χ3n) is 5.05. The highest BCUT2D eigenvalue weighted by molar-refractivity contribution is 6.33. The molecule has 3 atom stereocenters. The Morgan fingerprint density at radius 2 is 1.88 bits per heavy atom. The summed E-state index contributed by atoms with van der Waals surface area (Å²) in [4.78, 5) is 37.9. The zero-order chi connectivity index (χ0) is 18.0. The van der Waals surface area contributed by atoms with Crippen LogP contribution < -0.4 is 10.2 Å². The first-order chi connectivity index (χ1) is 12.0. The monoisotopic (exact) mass is 364 g/mol. The van der Waals surface area contributed by atoms with Crippen molar-refractivity contribution in [2.45, 2.75) is 38.1 Å². The zero-order valence-electron chi connectivity index (χ0n) is 13.8. The van der Waals surface area contributed by atoms with E-state index in [4.69, 9.17) is 16.7 Å². The van der Waals surface area contributed by atoms with Crippen LogP contribution in [-0.4, -0.2) is 35.5 Å². The number of carboxylic acid groups (broad SMARTS) is 1. The number of nitrogens with zero attached hydrogens (tertiary/aromatic N) is 1. The molecule has 0 bridgehead atoms. The summed E-state index contributed by atoms with van der Waals surface area (Å²) in [6.45, 7) is 0.569. The van der Waals surface area contributed by atoms with Crippen molar-refractivity contribution < 1.29 is 19.5 Å². The van der Waals surface area contributed by atoms with Crippen LogP contribution >= 0.6 is 11.6 Å². The van der Waals surface area contributed by atoms with E-state index in [9.17, 15) is 14.4 Å². The van der Waals surface area contributed by atoms with Gasteiger partial charge in [0.05, 0.1) is 16.6 Å². The number of benzene rings is 1. The van der Waals surface area contributed by atoms with E-state index in [0.29, 0.717) is 42.9 Å². The molecular weight excluding hydrogens is 344 g/mol. The minimum Gasteiger partial charge on any atom is -0.481 e. The second-order valence-electron chi connectivity index (χ2n) is 6.69. The Bertz CT molecular complexity index is 693. The quantitative estimate of drug-likeness (QED) is 0.859. The van der Waals surface area contributed by atoms with Crippen LogP contribution in [0.3, 0.4) is 0 Å². The van der Waals surface area contributed by atoms with Gasteiger partial charge >= 0.3 is 5.97 Å². The number of rotatable bonds is 4. The van der Waals surface area contributed by atoms with Gasteiger partial charge in [-0.1, -0.05) is 23.7 Å². The maximum atomic E-state index is 12.8. The Labute approximate surface area is 151 Å². The summed E-state index contributed by atoms with van der Waals surface area (Å²) in [6, 6.07) is 6.57. The second kappa shape index (κ2) is 7.44. The van der Waals surface area contributed by atoms with Gasteiger partial charge in [-0.25, -0.2) is 0 Å². The van der Waals surface area contributed by atoms with Crippen LogP contribution in [0.4, 0.5) is 5.69 Å². The van der Waals surface area contributed by atoms with Gasteiger partial charge in [0.15, 0.2) is 0 Å². The maximum Gasteiger partial charge on any atom is 0.306 e. The summed E-state index contributed by atoms with van der Waals surface area (Å²) in [7, 11) is 0. The van der Waals surface area contributed by atoms with E-state index in [0.717, 1.165) is 6.42 Å². The van der Waals surface area contributed by atoms with Crippen molar-refractivity contribution >= 4 is 35.1 Å². The SMILES string of the molecule is O=C(O)[C@@H]1CC[C@H](C(=O)NC2CCCN(c3ccccc3Cl)C2=O)C1. The molecule has 7 heteroatoms. The van der Waals surface area contributed by atoms with Crippen molar-refractivity contribution in [2.24, 2.45) is 11.8 Å². The highest BCUT2D eigenvalue weighted by atomic mass is 35.5. The van der Waals surface area contributed by atoms with E-state index in [1.54, 1.807) is 23.1 Å². The molecule has 1 aliphatic heterocycles. The van der Waals surface area contributed by atoms with E-state index in [-0.39, 0.29) is 17.7 Å². The minimum atomic E-state index is -0.853. The molecular formula is C18H21ClN2O4. The Hall–Kier alpha value is -2.08. The lowest BCUT2D eigenvalue weighted by atomic mass is 10.0. The molecule has 1 aromatic rings. The normalized spacial score (nSPS) is 26.5. The number of nitrogens with one attached hydrogen (secondary N) is 1. The fraction of sp³-hybridized carbons (Fsp3) is 0.500. The average molecular weight is 365 g/mol. The van der Waals surface area contributed by atoms with Crippen LogP contribution in [0.1, 0.15) is 32.1 Å². The molecule has 1 aliphatic carbocycles. The number of halogens is 1. The van der Waals surface area contributed by atoms with Gasteiger partial charge in [0.2, 0.25) is 11.8 Å². The van der Waals surface area contributed by atoms with E-state index < -0.39 is 17.9 Å². The number of aliphatic carboxylic acids is 1. The summed E-state index contributed by atoms with van der Waals surface area (Å²) < 4.78 is 0. The van der Waals surface area contributed by atoms with Crippen molar-refractivity contribution in [1.29, 1.82) is 0 Å². The number of carbonyl (C=O) groups is 3. The third-order valence-corrected chi connectivity index (χ3v) is 5.37.